The minimum Gasteiger partial charge on any atom is -0.505 e. The molecular formula is C24H23Cl2FN2O4S. The lowest BCUT2D eigenvalue weighted by molar-refractivity contribution is 0.0943. The van der Waals surface area contributed by atoms with Crippen molar-refractivity contribution >= 4 is 39.1 Å². The molecule has 0 heterocycles. The fourth-order valence-corrected chi connectivity index (χ4v) is 5.37. The number of carbonyl (C=O) groups is 1. The fraction of sp³-hybridized carbons (Fsp3) is 0.208. The Kier molecular flexibility index (Phi) is 8.20. The number of rotatable bonds is 8. The molecule has 0 saturated heterocycles. The summed E-state index contributed by atoms with van der Waals surface area (Å²) in [7, 11) is -4.28. The standard InChI is InChI=1S/C24H23Cl2FN2O4S/c1-15(2)28-24(31)18-7-3-16(4-8-18)13-29(14-17-5-9-20(27)10-6-17)34(32,33)22-12-19(25)11-21(26)23(22)30/h3-12,15,30H,13-14H2,1-2H3,(H,28,31). The fourth-order valence-electron chi connectivity index (χ4n) is 3.21. The molecule has 180 valence electrons. The normalized spacial score (nSPS) is 11.7. The van der Waals surface area contributed by atoms with Crippen molar-refractivity contribution in [2.24, 2.45) is 0 Å². The van der Waals surface area contributed by atoms with Crippen LogP contribution in [0.2, 0.25) is 10.0 Å². The molecule has 0 saturated carbocycles. The topological polar surface area (TPSA) is 86.7 Å². The van der Waals surface area contributed by atoms with Crippen molar-refractivity contribution in [3.63, 3.8) is 0 Å². The summed E-state index contributed by atoms with van der Waals surface area (Å²) in [6, 6.07) is 14.2. The third-order valence-corrected chi connectivity index (χ3v) is 7.19. The van der Waals surface area contributed by atoms with Gasteiger partial charge >= 0.3 is 0 Å². The van der Waals surface area contributed by atoms with E-state index in [-0.39, 0.29) is 35.1 Å². The van der Waals surface area contributed by atoms with Gasteiger partial charge < -0.3 is 10.4 Å². The Labute approximate surface area is 208 Å². The van der Waals surface area contributed by atoms with E-state index in [1.54, 1.807) is 24.3 Å². The van der Waals surface area contributed by atoms with Crippen molar-refractivity contribution in [3.8, 4) is 5.75 Å². The maximum absolute atomic E-state index is 13.5. The zero-order valence-electron chi connectivity index (χ0n) is 18.4. The molecule has 0 spiro atoms. The quantitative estimate of drug-likeness (QED) is 0.414. The minimum atomic E-state index is -4.28. The number of amides is 1. The molecule has 0 atom stereocenters. The molecule has 0 aromatic heterocycles. The van der Waals surface area contributed by atoms with Crippen LogP contribution in [0.5, 0.6) is 5.75 Å². The molecule has 0 bridgehead atoms. The van der Waals surface area contributed by atoms with E-state index >= 15 is 0 Å². The van der Waals surface area contributed by atoms with Crippen molar-refractivity contribution in [3.05, 3.63) is 93.2 Å². The van der Waals surface area contributed by atoms with Crippen LogP contribution in [0, 0.1) is 5.82 Å². The second-order valence-electron chi connectivity index (χ2n) is 7.96. The molecule has 3 aromatic rings. The van der Waals surface area contributed by atoms with Crippen LogP contribution in [0.4, 0.5) is 4.39 Å². The number of sulfonamides is 1. The molecule has 0 radical (unpaired) electrons. The summed E-state index contributed by atoms with van der Waals surface area (Å²) in [5.74, 6) is -1.31. The lowest BCUT2D eigenvalue weighted by Crippen LogP contribution is -2.31. The summed E-state index contributed by atoms with van der Waals surface area (Å²) in [6.45, 7) is 3.50. The number of halogens is 3. The molecule has 0 unspecified atom stereocenters. The van der Waals surface area contributed by atoms with Crippen LogP contribution in [0.1, 0.15) is 35.3 Å². The van der Waals surface area contributed by atoms with E-state index in [0.717, 1.165) is 10.4 Å². The Morgan fingerprint density at radius 1 is 1.00 bits per heavy atom. The number of benzene rings is 3. The van der Waals surface area contributed by atoms with E-state index in [1.807, 2.05) is 13.8 Å². The Morgan fingerprint density at radius 3 is 2.06 bits per heavy atom. The molecule has 6 nitrogen and oxygen atoms in total. The molecule has 0 fully saturated rings. The van der Waals surface area contributed by atoms with Gasteiger partial charge in [-0.1, -0.05) is 47.5 Å². The maximum Gasteiger partial charge on any atom is 0.251 e. The number of phenolic OH excluding ortho intramolecular Hbond substituents is 1. The highest BCUT2D eigenvalue weighted by atomic mass is 35.5. The average Bonchev–Trinajstić information content (AvgIpc) is 2.77. The highest BCUT2D eigenvalue weighted by Gasteiger charge is 2.29. The van der Waals surface area contributed by atoms with Crippen LogP contribution in [0.3, 0.4) is 0 Å². The van der Waals surface area contributed by atoms with Gasteiger partial charge in [0.2, 0.25) is 10.0 Å². The first kappa shape index (κ1) is 26.0. The van der Waals surface area contributed by atoms with Gasteiger partial charge in [-0.25, -0.2) is 12.8 Å². The molecule has 0 aliphatic carbocycles. The van der Waals surface area contributed by atoms with Gasteiger partial charge in [-0.3, -0.25) is 4.79 Å². The number of nitrogens with one attached hydrogen (secondary N) is 1. The Balaban J connectivity index is 1.97. The summed E-state index contributed by atoms with van der Waals surface area (Å²) in [6.07, 6.45) is 0. The van der Waals surface area contributed by atoms with Crippen molar-refractivity contribution in [1.29, 1.82) is 0 Å². The van der Waals surface area contributed by atoms with Gasteiger partial charge in [0, 0.05) is 29.7 Å². The van der Waals surface area contributed by atoms with E-state index in [0.29, 0.717) is 16.7 Å². The largest absolute Gasteiger partial charge is 0.505 e. The molecule has 0 aliphatic rings. The lowest BCUT2D eigenvalue weighted by atomic mass is 10.1. The van der Waals surface area contributed by atoms with E-state index < -0.39 is 26.5 Å². The van der Waals surface area contributed by atoms with Crippen LogP contribution in [0.15, 0.2) is 65.6 Å². The van der Waals surface area contributed by atoms with E-state index in [1.165, 1.54) is 30.3 Å². The minimum absolute atomic E-state index is 0.0271. The summed E-state index contributed by atoms with van der Waals surface area (Å²) in [5.41, 5.74) is 1.56. The van der Waals surface area contributed by atoms with Gasteiger partial charge in [-0.15, -0.1) is 0 Å². The number of nitrogens with zero attached hydrogens (tertiary/aromatic N) is 1. The van der Waals surface area contributed by atoms with Crippen LogP contribution in [0.25, 0.3) is 0 Å². The third-order valence-electron chi connectivity index (χ3n) is 4.88. The number of carbonyl (C=O) groups excluding carboxylic acids is 1. The first-order valence-corrected chi connectivity index (χ1v) is 12.5. The SMILES string of the molecule is CC(C)NC(=O)c1ccc(CN(Cc2ccc(F)cc2)S(=O)(=O)c2cc(Cl)cc(Cl)c2O)cc1. The monoisotopic (exact) mass is 524 g/mol. The molecule has 2 N–H and O–H groups in total. The summed E-state index contributed by atoms with van der Waals surface area (Å²) >= 11 is 11.9. The molecule has 3 rings (SSSR count). The number of phenols is 1. The zero-order valence-corrected chi connectivity index (χ0v) is 20.8. The van der Waals surface area contributed by atoms with Crippen LogP contribution in [-0.4, -0.2) is 29.8 Å². The lowest BCUT2D eigenvalue weighted by Gasteiger charge is -2.23. The highest BCUT2D eigenvalue weighted by Crippen LogP contribution is 2.36. The predicted octanol–water partition coefficient (Wildman–Crippen LogP) is 5.37. The van der Waals surface area contributed by atoms with Gasteiger partial charge in [0.25, 0.3) is 5.91 Å². The molecular weight excluding hydrogens is 502 g/mol. The number of hydrogen-bond acceptors (Lipinski definition) is 4. The van der Waals surface area contributed by atoms with Crippen LogP contribution >= 0.6 is 23.2 Å². The molecule has 0 aliphatic heterocycles. The van der Waals surface area contributed by atoms with Crippen molar-refractivity contribution in [1.82, 2.24) is 9.62 Å². The average molecular weight is 525 g/mol. The van der Waals surface area contributed by atoms with Crippen molar-refractivity contribution < 1.29 is 22.7 Å². The van der Waals surface area contributed by atoms with Gasteiger partial charge in [0.15, 0.2) is 5.75 Å². The molecule has 10 heteroatoms. The van der Waals surface area contributed by atoms with Crippen LogP contribution in [-0.2, 0) is 23.1 Å². The second kappa shape index (κ2) is 10.7. The summed E-state index contributed by atoms with van der Waals surface area (Å²) in [5, 5.41) is 13.0. The van der Waals surface area contributed by atoms with Crippen LogP contribution < -0.4 is 5.32 Å². The number of aromatic hydroxyl groups is 1. The first-order valence-electron chi connectivity index (χ1n) is 10.3. The first-order chi connectivity index (χ1) is 16.0. The Morgan fingerprint density at radius 2 is 1.53 bits per heavy atom. The predicted molar refractivity (Wildman–Crippen MR) is 130 cm³/mol. The summed E-state index contributed by atoms with van der Waals surface area (Å²) in [4.78, 5) is 11.8. The van der Waals surface area contributed by atoms with E-state index in [9.17, 15) is 22.7 Å². The van der Waals surface area contributed by atoms with Gasteiger partial charge in [-0.05, 0) is 61.4 Å². The van der Waals surface area contributed by atoms with E-state index in [2.05, 4.69) is 5.32 Å². The van der Waals surface area contributed by atoms with Gasteiger partial charge in [0.1, 0.15) is 10.7 Å². The Hall–Kier alpha value is -2.65. The second-order valence-corrected chi connectivity index (χ2v) is 10.7. The summed E-state index contributed by atoms with van der Waals surface area (Å²) < 4.78 is 41.6. The van der Waals surface area contributed by atoms with Crippen molar-refractivity contribution in [2.75, 3.05) is 0 Å². The van der Waals surface area contributed by atoms with E-state index in [4.69, 9.17) is 23.2 Å². The highest BCUT2D eigenvalue weighted by molar-refractivity contribution is 7.89. The third kappa shape index (κ3) is 6.27. The van der Waals surface area contributed by atoms with Gasteiger partial charge in [-0.2, -0.15) is 4.31 Å². The number of hydrogen-bond donors (Lipinski definition) is 2. The molecule has 1 amide bonds. The smallest absolute Gasteiger partial charge is 0.251 e. The van der Waals surface area contributed by atoms with Crippen molar-refractivity contribution in [2.45, 2.75) is 37.9 Å². The Bertz CT molecular complexity index is 1280. The molecule has 3 aromatic carbocycles. The zero-order chi connectivity index (χ0) is 25.0. The maximum atomic E-state index is 13.5. The van der Waals surface area contributed by atoms with Gasteiger partial charge in [0.05, 0.1) is 5.02 Å². The molecule has 34 heavy (non-hydrogen) atoms.